The average Bonchev–Trinajstić information content (AvgIpc) is 3.03. The summed E-state index contributed by atoms with van der Waals surface area (Å²) in [5.74, 6) is 1.57. The number of ether oxygens (including phenoxy) is 1. The van der Waals surface area contributed by atoms with E-state index in [-0.39, 0.29) is 11.7 Å². The predicted octanol–water partition coefficient (Wildman–Crippen LogP) is 5.16. The Morgan fingerprint density at radius 1 is 1.24 bits per heavy atom. The van der Waals surface area contributed by atoms with Gasteiger partial charge in [0.15, 0.2) is 11.0 Å². The molecule has 0 spiro atoms. The van der Waals surface area contributed by atoms with Crippen LogP contribution in [-0.2, 0) is 18.4 Å². The number of rotatable bonds is 7. The lowest BCUT2D eigenvalue weighted by atomic mass is 10.1. The van der Waals surface area contributed by atoms with E-state index in [1.165, 1.54) is 11.8 Å². The molecule has 0 aliphatic heterocycles. The van der Waals surface area contributed by atoms with Crippen LogP contribution in [0.2, 0.25) is 5.02 Å². The van der Waals surface area contributed by atoms with Crippen molar-refractivity contribution in [1.82, 2.24) is 14.8 Å². The molecule has 0 aliphatic carbocycles. The van der Waals surface area contributed by atoms with E-state index >= 15 is 0 Å². The molecule has 0 saturated carbocycles. The first-order chi connectivity index (χ1) is 13.8. The smallest absolute Gasteiger partial charge is 0.234 e. The molecule has 0 fully saturated rings. The molecular formula is C20H20BrClN4O2S. The van der Waals surface area contributed by atoms with Crippen molar-refractivity contribution in [3.63, 3.8) is 0 Å². The normalized spacial score (nSPS) is 10.8. The van der Waals surface area contributed by atoms with Gasteiger partial charge in [0.05, 0.1) is 10.8 Å². The van der Waals surface area contributed by atoms with Gasteiger partial charge in [0, 0.05) is 17.2 Å². The number of hydrogen-bond donors (Lipinski definition) is 1. The largest absolute Gasteiger partial charge is 0.485 e. The number of aromatic nitrogens is 3. The van der Waals surface area contributed by atoms with Gasteiger partial charge in [0.2, 0.25) is 5.91 Å². The highest BCUT2D eigenvalue weighted by atomic mass is 79.9. The van der Waals surface area contributed by atoms with Gasteiger partial charge in [-0.1, -0.05) is 35.5 Å². The van der Waals surface area contributed by atoms with Gasteiger partial charge in [-0.25, -0.2) is 0 Å². The first-order valence-electron chi connectivity index (χ1n) is 8.79. The van der Waals surface area contributed by atoms with Gasteiger partial charge in [-0.05, 0) is 65.2 Å². The second-order valence-electron chi connectivity index (χ2n) is 6.48. The molecule has 2 aromatic carbocycles. The molecule has 3 rings (SSSR count). The van der Waals surface area contributed by atoms with Crippen LogP contribution in [0.5, 0.6) is 5.75 Å². The number of nitrogens with zero attached hydrogens (tertiary/aromatic N) is 3. The number of carbonyl (C=O) groups excluding carboxylic acids is 1. The van der Waals surface area contributed by atoms with Crippen LogP contribution in [0.4, 0.5) is 5.69 Å². The standard InChI is InChI=1S/C20H20BrClN4O2S/c1-12-4-5-13(2)17(8-12)28-10-18-24-25-20(26(18)3)29-11-19(27)23-14-6-7-15(21)16(22)9-14/h4-9H,10-11H2,1-3H3,(H,23,27). The topological polar surface area (TPSA) is 69.0 Å². The number of thioether (sulfide) groups is 1. The minimum absolute atomic E-state index is 0.149. The summed E-state index contributed by atoms with van der Waals surface area (Å²) in [5, 5.41) is 12.3. The Labute approximate surface area is 187 Å². The van der Waals surface area contributed by atoms with Gasteiger partial charge < -0.3 is 14.6 Å². The molecule has 0 unspecified atom stereocenters. The number of amides is 1. The minimum Gasteiger partial charge on any atom is -0.485 e. The summed E-state index contributed by atoms with van der Waals surface area (Å²) in [5.41, 5.74) is 2.85. The fraction of sp³-hybridized carbons (Fsp3) is 0.250. The van der Waals surface area contributed by atoms with E-state index < -0.39 is 0 Å². The molecule has 1 N–H and O–H groups in total. The maximum absolute atomic E-state index is 12.2. The molecule has 0 atom stereocenters. The highest BCUT2D eigenvalue weighted by molar-refractivity contribution is 9.10. The number of anilines is 1. The summed E-state index contributed by atoms with van der Waals surface area (Å²) in [7, 11) is 1.86. The Bertz CT molecular complexity index is 1040. The van der Waals surface area contributed by atoms with Crippen molar-refractivity contribution in [1.29, 1.82) is 0 Å². The Morgan fingerprint density at radius 3 is 2.79 bits per heavy atom. The number of benzene rings is 2. The lowest BCUT2D eigenvalue weighted by Crippen LogP contribution is -2.14. The molecule has 0 bridgehead atoms. The van der Waals surface area contributed by atoms with Crippen LogP contribution in [0.25, 0.3) is 0 Å². The quantitative estimate of drug-likeness (QED) is 0.459. The third-order valence-corrected chi connectivity index (χ3v) is 6.41. The van der Waals surface area contributed by atoms with Crippen LogP contribution in [-0.4, -0.2) is 26.4 Å². The molecule has 29 heavy (non-hydrogen) atoms. The third kappa shape index (κ3) is 5.74. The fourth-order valence-corrected chi connectivity index (χ4v) is 3.66. The molecule has 3 aromatic rings. The summed E-state index contributed by atoms with van der Waals surface area (Å²) in [6.45, 7) is 4.33. The maximum atomic E-state index is 12.2. The molecule has 152 valence electrons. The zero-order chi connectivity index (χ0) is 21.0. The fourth-order valence-electron chi connectivity index (χ4n) is 2.50. The predicted molar refractivity (Wildman–Crippen MR) is 120 cm³/mol. The van der Waals surface area contributed by atoms with Gasteiger partial charge >= 0.3 is 0 Å². The van der Waals surface area contributed by atoms with E-state index in [0.717, 1.165) is 21.3 Å². The van der Waals surface area contributed by atoms with Crippen molar-refractivity contribution in [2.45, 2.75) is 25.6 Å². The number of nitrogens with one attached hydrogen (secondary N) is 1. The lowest BCUT2D eigenvalue weighted by Gasteiger charge is -2.10. The number of aryl methyl sites for hydroxylation is 2. The van der Waals surface area contributed by atoms with Gasteiger partial charge in [0.25, 0.3) is 0 Å². The van der Waals surface area contributed by atoms with Crippen LogP contribution in [0.3, 0.4) is 0 Å². The Hall–Kier alpha value is -2.03. The summed E-state index contributed by atoms with van der Waals surface area (Å²) >= 11 is 10.7. The summed E-state index contributed by atoms with van der Waals surface area (Å²) < 4.78 is 8.51. The van der Waals surface area contributed by atoms with Gasteiger partial charge in [-0.15, -0.1) is 10.2 Å². The monoisotopic (exact) mass is 494 g/mol. The summed E-state index contributed by atoms with van der Waals surface area (Å²) in [4.78, 5) is 12.2. The molecule has 0 aliphatic rings. The van der Waals surface area contributed by atoms with Crippen molar-refractivity contribution in [3.05, 3.63) is 62.8 Å². The first-order valence-corrected chi connectivity index (χ1v) is 10.9. The molecule has 1 aromatic heterocycles. The van der Waals surface area contributed by atoms with Gasteiger partial charge in [-0.2, -0.15) is 0 Å². The summed E-state index contributed by atoms with van der Waals surface area (Å²) in [6, 6.07) is 11.3. The van der Waals surface area contributed by atoms with E-state index in [1.807, 2.05) is 43.7 Å². The van der Waals surface area contributed by atoms with Crippen molar-refractivity contribution in [2.24, 2.45) is 7.05 Å². The van der Waals surface area contributed by atoms with Crippen LogP contribution in [0.15, 0.2) is 46.0 Å². The van der Waals surface area contributed by atoms with Crippen LogP contribution >= 0.6 is 39.3 Å². The zero-order valence-electron chi connectivity index (χ0n) is 16.2. The Morgan fingerprint density at radius 2 is 2.03 bits per heavy atom. The molecule has 6 nitrogen and oxygen atoms in total. The van der Waals surface area contributed by atoms with E-state index in [2.05, 4.69) is 31.4 Å². The third-order valence-electron chi connectivity index (χ3n) is 4.16. The second kappa shape index (κ2) is 9.65. The molecule has 0 radical (unpaired) electrons. The Kier molecular flexibility index (Phi) is 7.21. The van der Waals surface area contributed by atoms with E-state index in [1.54, 1.807) is 18.2 Å². The van der Waals surface area contributed by atoms with Gasteiger partial charge in [0.1, 0.15) is 12.4 Å². The van der Waals surface area contributed by atoms with Crippen LogP contribution in [0, 0.1) is 13.8 Å². The van der Waals surface area contributed by atoms with Crippen molar-refractivity contribution in [3.8, 4) is 5.75 Å². The SMILES string of the molecule is Cc1ccc(C)c(OCc2nnc(SCC(=O)Nc3ccc(Br)c(Cl)c3)n2C)c1. The van der Waals surface area contributed by atoms with E-state index in [9.17, 15) is 4.79 Å². The van der Waals surface area contributed by atoms with E-state index in [0.29, 0.717) is 28.3 Å². The maximum Gasteiger partial charge on any atom is 0.234 e. The zero-order valence-corrected chi connectivity index (χ0v) is 19.4. The van der Waals surface area contributed by atoms with Crippen molar-refractivity contribution >= 4 is 50.9 Å². The number of hydrogen-bond acceptors (Lipinski definition) is 5. The average molecular weight is 496 g/mol. The minimum atomic E-state index is -0.149. The number of carbonyl (C=O) groups is 1. The number of halogens is 2. The Balaban J connectivity index is 1.55. The van der Waals surface area contributed by atoms with Crippen molar-refractivity contribution < 1.29 is 9.53 Å². The summed E-state index contributed by atoms with van der Waals surface area (Å²) in [6.07, 6.45) is 0. The first kappa shape index (κ1) is 21.7. The van der Waals surface area contributed by atoms with Crippen LogP contribution < -0.4 is 10.1 Å². The highest BCUT2D eigenvalue weighted by Crippen LogP contribution is 2.26. The van der Waals surface area contributed by atoms with Crippen LogP contribution in [0.1, 0.15) is 17.0 Å². The van der Waals surface area contributed by atoms with Gasteiger partial charge in [-0.3, -0.25) is 4.79 Å². The second-order valence-corrected chi connectivity index (χ2v) is 8.69. The molecular weight excluding hydrogens is 476 g/mol. The van der Waals surface area contributed by atoms with Crippen molar-refractivity contribution in [2.75, 3.05) is 11.1 Å². The molecule has 0 saturated heterocycles. The molecule has 9 heteroatoms. The lowest BCUT2D eigenvalue weighted by molar-refractivity contribution is -0.113. The van der Waals surface area contributed by atoms with E-state index in [4.69, 9.17) is 16.3 Å². The highest BCUT2D eigenvalue weighted by Gasteiger charge is 2.13. The molecule has 1 heterocycles. The molecule has 1 amide bonds.